The molecule has 0 unspecified atom stereocenters. The molecule has 1 saturated carbocycles. The zero-order valence-corrected chi connectivity index (χ0v) is 12.2. The lowest BCUT2D eigenvalue weighted by Crippen LogP contribution is -2.12. The minimum Gasteiger partial charge on any atom is -0.297 e. The molecule has 116 valence electrons. The van der Waals surface area contributed by atoms with Gasteiger partial charge in [-0.1, -0.05) is 6.07 Å². The molecule has 1 fully saturated rings. The number of ketones is 1. The Hall–Kier alpha value is -2.63. The van der Waals surface area contributed by atoms with Crippen molar-refractivity contribution in [3.8, 4) is 11.1 Å². The molecular formula is C17H13F2N3O. The van der Waals surface area contributed by atoms with E-state index in [0.29, 0.717) is 22.2 Å². The summed E-state index contributed by atoms with van der Waals surface area (Å²) in [4.78, 5) is 16.3. The molecule has 0 aliphatic heterocycles. The normalized spacial score (nSPS) is 14.3. The number of halogens is 2. The third kappa shape index (κ3) is 2.60. The number of hydrogen-bond donors (Lipinski definition) is 0. The predicted octanol–water partition coefficient (Wildman–Crippen LogP) is 3.36. The SMILES string of the molecule is O=C(Cn1ncc2ncc(-c3ccc(F)c(F)c3)cc21)C1CC1. The number of hydrogen-bond acceptors (Lipinski definition) is 3. The Morgan fingerprint density at radius 1 is 1.13 bits per heavy atom. The van der Waals surface area contributed by atoms with Crippen LogP contribution in [0.2, 0.25) is 0 Å². The fraction of sp³-hybridized carbons (Fsp3) is 0.235. The van der Waals surface area contributed by atoms with Gasteiger partial charge >= 0.3 is 0 Å². The number of carbonyl (C=O) groups excluding carboxylic acids is 1. The molecule has 4 nitrogen and oxygen atoms in total. The quantitative estimate of drug-likeness (QED) is 0.742. The van der Waals surface area contributed by atoms with E-state index in [9.17, 15) is 13.6 Å². The average Bonchev–Trinajstić information content (AvgIpc) is 3.33. The monoisotopic (exact) mass is 313 g/mol. The van der Waals surface area contributed by atoms with Crippen LogP contribution in [0.15, 0.2) is 36.7 Å². The van der Waals surface area contributed by atoms with Crippen molar-refractivity contribution < 1.29 is 13.6 Å². The van der Waals surface area contributed by atoms with E-state index in [0.717, 1.165) is 25.0 Å². The van der Waals surface area contributed by atoms with Crippen LogP contribution >= 0.6 is 0 Å². The zero-order valence-electron chi connectivity index (χ0n) is 12.2. The van der Waals surface area contributed by atoms with E-state index in [-0.39, 0.29) is 18.2 Å². The van der Waals surface area contributed by atoms with E-state index in [2.05, 4.69) is 10.1 Å². The fourth-order valence-electron chi connectivity index (χ4n) is 2.60. The largest absolute Gasteiger partial charge is 0.297 e. The Bertz CT molecular complexity index is 915. The second-order valence-electron chi connectivity index (χ2n) is 5.80. The Labute approximate surface area is 130 Å². The first-order valence-corrected chi connectivity index (χ1v) is 7.41. The standard InChI is InChI=1S/C17H13F2N3O/c18-13-4-3-11(5-14(13)19)12-6-16-15(20-7-12)8-21-22(16)9-17(23)10-1-2-10/h3-8,10H,1-2,9H2. The maximum atomic E-state index is 13.4. The molecule has 0 spiro atoms. The van der Waals surface area contributed by atoms with Crippen LogP contribution in [0.4, 0.5) is 8.78 Å². The van der Waals surface area contributed by atoms with Crippen LogP contribution in [-0.2, 0) is 11.3 Å². The first-order chi connectivity index (χ1) is 11.1. The average molecular weight is 313 g/mol. The van der Waals surface area contributed by atoms with Crippen molar-refractivity contribution in [2.24, 2.45) is 5.92 Å². The summed E-state index contributed by atoms with van der Waals surface area (Å²) in [5.41, 5.74) is 2.55. The second kappa shape index (κ2) is 5.22. The summed E-state index contributed by atoms with van der Waals surface area (Å²) < 4.78 is 28.1. The third-order valence-corrected chi connectivity index (χ3v) is 4.09. The molecule has 0 radical (unpaired) electrons. The zero-order chi connectivity index (χ0) is 16.0. The number of rotatable bonds is 4. The molecule has 0 saturated heterocycles. The highest BCUT2D eigenvalue weighted by Crippen LogP contribution is 2.31. The van der Waals surface area contributed by atoms with Crippen LogP contribution in [0.3, 0.4) is 0 Å². The highest BCUT2D eigenvalue weighted by Gasteiger charge is 2.29. The van der Waals surface area contributed by atoms with Gasteiger partial charge in [0.15, 0.2) is 17.4 Å². The molecule has 23 heavy (non-hydrogen) atoms. The number of aromatic nitrogens is 3. The summed E-state index contributed by atoms with van der Waals surface area (Å²) >= 11 is 0. The molecule has 4 rings (SSSR count). The molecule has 3 aromatic rings. The van der Waals surface area contributed by atoms with Gasteiger partial charge in [-0.05, 0) is 36.6 Å². The van der Waals surface area contributed by atoms with Gasteiger partial charge in [0.05, 0.1) is 11.7 Å². The van der Waals surface area contributed by atoms with Gasteiger partial charge in [0.2, 0.25) is 0 Å². The summed E-state index contributed by atoms with van der Waals surface area (Å²) in [6.45, 7) is 0.219. The second-order valence-corrected chi connectivity index (χ2v) is 5.80. The van der Waals surface area contributed by atoms with E-state index >= 15 is 0 Å². The molecule has 0 N–H and O–H groups in total. The van der Waals surface area contributed by atoms with Gasteiger partial charge < -0.3 is 0 Å². The van der Waals surface area contributed by atoms with Crippen LogP contribution in [0.5, 0.6) is 0 Å². The molecule has 0 atom stereocenters. The Morgan fingerprint density at radius 3 is 2.70 bits per heavy atom. The van der Waals surface area contributed by atoms with E-state index in [1.54, 1.807) is 23.1 Å². The van der Waals surface area contributed by atoms with Crippen molar-refractivity contribution >= 4 is 16.8 Å². The van der Waals surface area contributed by atoms with Crippen molar-refractivity contribution in [3.63, 3.8) is 0 Å². The van der Waals surface area contributed by atoms with E-state index in [1.165, 1.54) is 6.07 Å². The van der Waals surface area contributed by atoms with Crippen molar-refractivity contribution in [1.29, 1.82) is 0 Å². The van der Waals surface area contributed by atoms with Crippen molar-refractivity contribution in [2.75, 3.05) is 0 Å². The molecule has 1 aliphatic rings. The van der Waals surface area contributed by atoms with Crippen LogP contribution in [0.25, 0.3) is 22.2 Å². The molecule has 2 heterocycles. The van der Waals surface area contributed by atoms with Crippen molar-refractivity contribution in [2.45, 2.75) is 19.4 Å². The smallest absolute Gasteiger partial charge is 0.159 e. The number of fused-ring (bicyclic) bond motifs is 1. The number of nitrogens with zero attached hydrogens (tertiary/aromatic N) is 3. The van der Waals surface area contributed by atoms with Gasteiger partial charge in [-0.25, -0.2) is 8.78 Å². The van der Waals surface area contributed by atoms with Gasteiger partial charge in [0, 0.05) is 17.7 Å². The van der Waals surface area contributed by atoms with Gasteiger partial charge in [-0.2, -0.15) is 5.10 Å². The van der Waals surface area contributed by atoms with Crippen LogP contribution in [0.1, 0.15) is 12.8 Å². The number of Topliss-reactive ketones (excluding diaryl/α,β-unsaturated/α-hetero) is 1. The van der Waals surface area contributed by atoms with E-state index in [1.807, 2.05) is 0 Å². The van der Waals surface area contributed by atoms with Crippen LogP contribution < -0.4 is 0 Å². The summed E-state index contributed by atoms with van der Waals surface area (Å²) in [5.74, 6) is -1.45. The maximum absolute atomic E-state index is 13.4. The molecule has 1 aliphatic carbocycles. The summed E-state index contributed by atoms with van der Waals surface area (Å²) in [7, 11) is 0. The fourth-order valence-corrected chi connectivity index (χ4v) is 2.60. The Kier molecular flexibility index (Phi) is 3.18. The van der Waals surface area contributed by atoms with Gasteiger partial charge in [-0.15, -0.1) is 0 Å². The minimum absolute atomic E-state index is 0.164. The topological polar surface area (TPSA) is 47.8 Å². The first-order valence-electron chi connectivity index (χ1n) is 7.41. The molecule has 6 heteroatoms. The van der Waals surface area contributed by atoms with Crippen LogP contribution in [-0.4, -0.2) is 20.5 Å². The highest BCUT2D eigenvalue weighted by molar-refractivity contribution is 5.86. The summed E-state index contributed by atoms with van der Waals surface area (Å²) in [5, 5.41) is 4.21. The number of pyridine rings is 1. The van der Waals surface area contributed by atoms with Gasteiger partial charge in [0.1, 0.15) is 12.1 Å². The van der Waals surface area contributed by atoms with E-state index < -0.39 is 11.6 Å². The minimum atomic E-state index is -0.903. The molecule has 0 bridgehead atoms. The predicted molar refractivity (Wildman–Crippen MR) is 80.6 cm³/mol. The van der Waals surface area contributed by atoms with E-state index in [4.69, 9.17) is 0 Å². The van der Waals surface area contributed by atoms with Gasteiger partial charge in [0.25, 0.3) is 0 Å². The molecule has 0 amide bonds. The lowest BCUT2D eigenvalue weighted by Gasteiger charge is -2.05. The molecule has 1 aromatic carbocycles. The Morgan fingerprint density at radius 2 is 1.96 bits per heavy atom. The number of carbonyl (C=O) groups is 1. The van der Waals surface area contributed by atoms with Crippen molar-refractivity contribution in [1.82, 2.24) is 14.8 Å². The number of benzene rings is 1. The maximum Gasteiger partial charge on any atom is 0.159 e. The molecular weight excluding hydrogens is 300 g/mol. The van der Waals surface area contributed by atoms with Gasteiger partial charge in [-0.3, -0.25) is 14.5 Å². The third-order valence-electron chi connectivity index (χ3n) is 4.09. The lowest BCUT2D eigenvalue weighted by molar-refractivity contribution is -0.120. The summed E-state index contributed by atoms with van der Waals surface area (Å²) in [6, 6.07) is 5.51. The first kappa shape index (κ1) is 14.0. The molecule has 2 aromatic heterocycles. The van der Waals surface area contributed by atoms with Crippen molar-refractivity contribution in [3.05, 3.63) is 48.3 Å². The van der Waals surface area contributed by atoms with Crippen LogP contribution in [0, 0.1) is 17.6 Å². The summed E-state index contributed by atoms with van der Waals surface area (Å²) in [6.07, 6.45) is 5.10. The lowest BCUT2D eigenvalue weighted by atomic mass is 10.1. The Balaban J connectivity index is 1.73. The highest BCUT2D eigenvalue weighted by atomic mass is 19.2.